The van der Waals surface area contributed by atoms with E-state index in [0.29, 0.717) is 18.9 Å². The van der Waals surface area contributed by atoms with Crippen molar-refractivity contribution in [3.8, 4) is 5.69 Å². The first-order valence-corrected chi connectivity index (χ1v) is 10.9. The molecule has 0 N–H and O–H groups in total. The molecule has 28 heavy (non-hydrogen) atoms. The lowest BCUT2D eigenvalue weighted by Crippen LogP contribution is -2.19. The third kappa shape index (κ3) is 5.46. The Balaban J connectivity index is 1.50. The highest BCUT2D eigenvalue weighted by Crippen LogP contribution is 2.17. The van der Waals surface area contributed by atoms with Crippen molar-refractivity contribution in [3.63, 3.8) is 0 Å². The number of ether oxygens (including phenoxy) is 1. The minimum Gasteiger partial charge on any atom is -0.377 e. The normalized spacial score (nSPS) is 12.8. The van der Waals surface area contributed by atoms with Crippen LogP contribution in [0.1, 0.15) is 25.3 Å². The first-order chi connectivity index (χ1) is 13.6. The molecule has 3 rings (SSSR count). The molecular weight excluding hydrogens is 376 g/mol. The summed E-state index contributed by atoms with van der Waals surface area (Å²) in [5.74, 6) is -0.0231. The lowest BCUT2D eigenvalue weighted by molar-refractivity contribution is 0.115. The van der Waals surface area contributed by atoms with Crippen molar-refractivity contribution in [2.45, 2.75) is 31.5 Å². The molecule has 1 heterocycles. The van der Waals surface area contributed by atoms with Crippen molar-refractivity contribution >= 4 is 9.84 Å². The summed E-state index contributed by atoms with van der Waals surface area (Å²) >= 11 is 0. The fraction of sp³-hybridized carbons (Fsp3) is 0.350. The molecule has 148 valence electrons. The Bertz CT molecular complexity index is 959. The van der Waals surface area contributed by atoms with E-state index in [1.807, 2.05) is 55.5 Å². The zero-order valence-corrected chi connectivity index (χ0v) is 16.6. The smallest absolute Gasteiger partial charge is 0.272 e. The lowest BCUT2D eigenvalue weighted by Gasteiger charge is -2.12. The lowest BCUT2D eigenvalue weighted by atomic mass is 10.1. The fourth-order valence-corrected chi connectivity index (χ4v) is 4.57. The Morgan fingerprint density at radius 1 is 1.04 bits per heavy atom. The van der Waals surface area contributed by atoms with E-state index in [1.165, 1.54) is 4.68 Å². The molecule has 0 radical (unpaired) electrons. The quantitative estimate of drug-likeness (QED) is 0.486. The number of tetrazole rings is 1. The van der Waals surface area contributed by atoms with E-state index < -0.39 is 9.84 Å². The van der Waals surface area contributed by atoms with Crippen LogP contribution in [-0.2, 0) is 21.2 Å². The molecule has 0 aliphatic heterocycles. The summed E-state index contributed by atoms with van der Waals surface area (Å²) in [6.45, 7) is 3.09. The third-order valence-electron chi connectivity index (χ3n) is 4.32. The Hall–Kier alpha value is -2.58. The summed E-state index contributed by atoms with van der Waals surface area (Å²) in [6.07, 6.45) is 1.55. The largest absolute Gasteiger partial charge is 0.377 e. The molecule has 8 heteroatoms. The van der Waals surface area contributed by atoms with Crippen LogP contribution in [0.3, 0.4) is 0 Å². The number of para-hydroxylation sites is 1. The molecule has 0 bridgehead atoms. The Kier molecular flexibility index (Phi) is 6.89. The average molecular weight is 401 g/mol. The fourth-order valence-electron chi connectivity index (χ4n) is 2.93. The van der Waals surface area contributed by atoms with Gasteiger partial charge in [0.25, 0.3) is 5.16 Å². The number of nitrogens with zero attached hydrogens (tertiary/aromatic N) is 4. The molecule has 0 amide bonds. The van der Waals surface area contributed by atoms with Gasteiger partial charge in [-0.2, -0.15) is 4.68 Å². The molecule has 0 aliphatic carbocycles. The zero-order valence-electron chi connectivity index (χ0n) is 15.8. The van der Waals surface area contributed by atoms with Gasteiger partial charge >= 0.3 is 0 Å². The Labute approximate surface area is 165 Å². The van der Waals surface area contributed by atoms with Crippen LogP contribution in [-0.4, -0.2) is 41.0 Å². The van der Waals surface area contributed by atoms with Gasteiger partial charge in [-0.1, -0.05) is 60.6 Å². The summed E-state index contributed by atoms with van der Waals surface area (Å²) in [6, 6.07) is 19.0. The molecular formula is C20H24N4O3S. The minimum absolute atomic E-state index is 0.00110. The average Bonchev–Trinajstić information content (AvgIpc) is 3.20. The standard InChI is InChI=1S/C20H24N4O3S/c1-17(9-8-14-27-15-18-10-4-2-5-11-18)16-28(25,26)20-21-22-23-24(20)19-12-6-3-7-13-19/h2-7,10-13,17H,8-9,14-16H2,1H3/t17-/m1/s1. The summed E-state index contributed by atoms with van der Waals surface area (Å²) in [4.78, 5) is 0. The van der Waals surface area contributed by atoms with Gasteiger partial charge in [-0.25, -0.2) is 8.42 Å². The van der Waals surface area contributed by atoms with Crippen molar-refractivity contribution < 1.29 is 13.2 Å². The van der Waals surface area contributed by atoms with Crippen molar-refractivity contribution in [2.75, 3.05) is 12.4 Å². The van der Waals surface area contributed by atoms with Crippen LogP contribution in [0.5, 0.6) is 0 Å². The number of benzene rings is 2. The van der Waals surface area contributed by atoms with E-state index in [0.717, 1.165) is 18.4 Å². The Morgan fingerprint density at radius 3 is 2.43 bits per heavy atom. The minimum atomic E-state index is -3.59. The highest BCUT2D eigenvalue weighted by molar-refractivity contribution is 7.91. The maximum absolute atomic E-state index is 12.8. The maximum Gasteiger partial charge on any atom is 0.272 e. The number of hydrogen-bond acceptors (Lipinski definition) is 6. The number of rotatable bonds is 10. The molecule has 0 aliphatic rings. The van der Waals surface area contributed by atoms with E-state index in [4.69, 9.17) is 4.74 Å². The van der Waals surface area contributed by atoms with Crippen LogP contribution in [0.15, 0.2) is 65.8 Å². The van der Waals surface area contributed by atoms with Crippen LogP contribution in [0.4, 0.5) is 0 Å². The number of aromatic nitrogens is 4. The highest BCUT2D eigenvalue weighted by Gasteiger charge is 2.26. The van der Waals surface area contributed by atoms with Gasteiger partial charge in [0, 0.05) is 6.61 Å². The van der Waals surface area contributed by atoms with Crippen molar-refractivity contribution in [1.29, 1.82) is 0 Å². The van der Waals surface area contributed by atoms with E-state index in [2.05, 4.69) is 15.5 Å². The van der Waals surface area contributed by atoms with Crippen LogP contribution >= 0.6 is 0 Å². The van der Waals surface area contributed by atoms with Crippen LogP contribution in [0.25, 0.3) is 5.69 Å². The molecule has 3 aromatic rings. The molecule has 1 aromatic heterocycles. The summed E-state index contributed by atoms with van der Waals surface area (Å²) < 4.78 is 32.5. The second kappa shape index (κ2) is 9.57. The molecule has 0 fully saturated rings. The number of sulfone groups is 1. The van der Waals surface area contributed by atoms with Gasteiger partial charge in [0.2, 0.25) is 9.84 Å². The monoisotopic (exact) mass is 400 g/mol. The molecule has 1 atom stereocenters. The van der Waals surface area contributed by atoms with E-state index in [9.17, 15) is 8.42 Å². The van der Waals surface area contributed by atoms with Crippen molar-refractivity contribution in [1.82, 2.24) is 20.2 Å². The van der Waals surface area contributed by atoms with Gasteiger partial charge in [-0.05, 0) is 46.9 Å². The van der Waals surface area contributed by atoms with Crippen LogP contribution < -0.4 is 0 Å². The number of hydrogen-bond donors (Lipinski definition) is 0. The molecule has 2 aromatic carbocycles. The third-order valence-corrected chi connectivity index (χ3v) is 6.14. The molecule has 0 saturated heterocycles. The summed E-state index contributed by atoms with van der Waals surface area (Å²) in [5.41, 5.74) is 1.75. The highest BCUT2D eigenvalue weighted by atomic mass is 32.2. The van der Waals surface area contributed by atoms with Crippen molar-refractivity contribution in [3.05, 3.63) is 66.2 Å². The zero-order chi connectivity index (χ0) is 19.8. The second-order valence-electron chi connectivity index (χ2n) is 6.78. The molecule has 0 saturated carbocycles. The van der Waals surface area contributed by atoms with E-state index in [1.54, 1.807) is 12.1 Å². The first-order valence-electron chi connectivity index (χ1n) is 9.24. The maximum atomic E-state index is 12.8. The Morgan fingerprint density at radius 2 is 1.71 bits per heavy atom. The van der Waals surface area contributed by atoms with E-state index >= 15 is 0 Å². The molecule has 0 unspecified atom stereocenters. The van der Waals surface area contributed by atoms with Gasteiger partial charge in [0.1, 0.15) is 0 Å². The topological polar surface area (TPSA) is 87.0 Å². The SMILES string of the molecule is C[C@H](CCCOCc1ccccc1)CS(=O)(=O)c1nnnn1-c1ccccc1. The molecule has 7 nitrogen and oxygen atoms in total. The van der Waals surface area contributed by atoms with Crippen molar-refractivity contribution in [2.24, 2.45) is 5.92 Å². The van der Waals surface area contributed by atoms with Gasteiger partial charge in [0.05, 0.1) is 18.0 Å². The predicted molar refractivity (Wildman–Crippen MR) is 106 cm³/mol. The summed E-state index contributed by atoms with van der Waals surface area (Å²) in [5, 5.41) is 11.0. The van der Waals surface area contributed by atoms with Gasteiger partial charge in [-0.15, -0.1) is 0 Å². The van der Waals surface area contributed by atoms with Gasteiger partial charge in [0.15, 0.2) is 0 Å². The summed E-state index contributed by atoms with van der Waals surface area (Å²) in [7, 11) is -3.59. The van der Waals surface area contributed by atoms with Gasteiger partial charge < -0.3 is 4.74 Å². The van der Waals surface area contributed by atoms with Crippen LogP contribution in [0.2, 0.25) is 0 Å². The van der Waals surface area contributed by atoms with Gasteiger partial charge in [-0.3, -0.25) is 0 Å². The van der Waals surface area contributed by atoms with E-state index in [-0.39, 0.29) is 16.8 Å². The first kappa shape index (κ1) is 20.2. The molecule has 0 spiro atoms. The van der Waals surface area contributed by atoms with Crippen LogP contribution in [0, 0.1) is 5.92 Å². The second-order valence-corrected chi connectivity index (χ2v) is 8.70. The predicted octanol–water partition coefficient (Wildman–Crippen LogP) is 3.07.